The summed E-state index contributed by atoms with van der Waals surface area (Å²) in [6.07, 6.45) is 7.99. The molecule has 2 N–H and O–H groups in total. The van der Waals surface area contributed by atoms with Crippen LogP contribution in [0.2, 0.25) is 0 Å². The minimum absolute atomic E-state index is 0.0494. The van der Waals surface area contributed by atoms with Crippen LogP contribution >= 0.6 is 0 Å². The van der Waals surface area contributed by atoms with Crippen LogP contribution in [0.4, 0.5) is 0 Å². The first-order valence-electron chi connectivity index (χ1n) is 6.39. The van der Waals surface area contributed by atoms with E-state index in [0.717, 1.165) is 13.0 Å². The van der Waals surface area contributed by atoms with Gasteiger partial charge in [0, 0.05) is 13.7 Å². The summed E-state index contributed by atoms with van der Waals surface area (Å²) in [5, 5.41) is 6.12. The Morgan fingerprint density at radius 3 is 3.00 bits per heavy atom. The normalized spacial score (nSPS) is 21.2. The molecule has 2 unspecified atom stereocenters. The fourth-order valence-corrected chi connectivity index (χ4v) is 1.91. The van der Waals surface area contributed by atoms with Crippen LogP contribution in [0.1, 0.15) is 26.2 Å². The fourth-order valence-electron chi connectivity index (χ4n) is 1.91. The molecule has 1 aliphatic rings. The standard InChI is InChI=1S/C13H24N2O2/c1-11(13(16)14-8-9-17-2)15-10-12-6-4-3-5-7-12/h3-4,11-12,15H,5-10H2,1-2H3,(H,14,16). The molecule has 0 fully saturated rings. The highest BCUT2D eigenvalue weighted by Gasteiger charge is 2.15. The molecule has 0 heterocycles. The quantitative estimate of drug-likeness (QED) is 0.517. The molecule has 0 bridgehead atoms. The Morgan fingerprint density at radius 2 is 2.35 bits per heavy atom. The SMILES string of the molecule is COCCNC(=O)C(C)NCC1CC=CCC1. The first-order chi connectivity index (χ1) is 8.24. The van der Waals surface area contributed by atoms with Crippen molar-refractivity contribution in [1.29, 1.82) is 0 Å². The second-order valence-corrected chi connectivity index (χ2v) is 4.56. The van der Waals surface area contributed by atoms with Crippen molar-refractivity contribution in [2.45, 2.75) is 32.2 Å². The lowest BCUT2D eigenvalue weighted by Gasteiger charge is -2.21. The van der Waals surface area contributed by atoms with E-state index in [1.807, 2.05) is 6.92 Å². The highest BCUT2D eigenvalue weighted by molar-refractivity contribution is 5.81. The van der Waals surface area contributed by atoms with Gasteiger partial charge in [0.25, 0.3) is 0 Å². The van der Waals surface area contributed by atoms with Gasteiger partial charge in [-0.25, -0.2) is 0 Å². The van der Waals surface area contributed by atoms with Crippen molar-refractivity contribution >= 4 is 5.91 Å². The summed E-state index contributed by atoms with van der Waals surface area (Å²) in [5.74, 6) is 0.725. The molecule has 1 amide bonds. The topological polar surface area (TPSA) is 50.4 Å². The van der Waals surface area contributed by atoms with Gasteiger partial charge in [-0.15, -0.1) is 0 Å². The Labute approximate surface area is 104 Å². The Morgan fingerprint density at radius 1 is 1.53 bits per heavy atom. The zero-order chi connectivity index (χ0) is 12.5. The average Bonchev–Trinajstić information content (AvgIpc) is 2.37. The van der Waals surface area contributed by atoms with Crippen LogP contribution in [-0.4, -0.2) is 38.8 Å². The molecular weight excluding hydrogens is 216 g/mol. The Hall–Kier alpha value is -0.870. The molecule has 2 atom stereocenters. The second-order valence-electron chi connectivity index (χ2n) is 4.56. The van der Waals surface area contributed by atoms with Gasteiger partial charge in [-0.3, -0.25) is 4.79 Å². The molecular formula is C13H24N2O2. The van der Waals surface area contributed by atoms with Crippen LogP contribution < -0.4 is 10.6 Å². The monoisotopic (exact) mass is 240 g/mol. The van der Waals surface area contributed by atoms with Crippen molar-refractivity contribution in [1.82, 2.24) is 10.6 Å². The second kappa shape index (κ2) is 8.25. The molecule has 98 valence electrons. The molecule has 0 aromatic carbocycles. The average molecular weight is 240 g/mol. The predicted octanol–water partition coefficient (Wildman–Crippen LogP) is 1.08. The van der Waals surface area contributed by atoms with Crippen LogP contribution in [0, 0.1) is 5.92 Å². The summed E-state index contributed by atoms with van der Waals surface area (Å²) in [5.41, 5.74) is 0. The largest absolute Gasteiger partial charge is 0.383 e. The van der Waals surface area contributed by atoms with E-state index in [0.29, 0.717) is 19.1 Å². The summed E-state index contributed by atoms with van der Waals surface area (Å²) in [4.78, 5) is 11.6. The third-order valence-electron chi connectivity index (χ3n) is 3.09. The number of nitrogens with one attached hydrogen (secondary N) is 2. The van der Waals surface area contributed by atoms with Crippen LogP contribution in [-0.2, 0) is 9.53 Å². The lowest BCUT2D eigenvalue weighted by Crippen LogP contribution is -2.44. The first kappa shape index (κ1) is 14.2. The highest BCUT2D eigenvalue weighted by atomic mass is 16.5. The molecule has 0 aliphatic heterocycles. The smallest absolute Gasteiger partial charge is 0.236 e. The number of carbonyl (C=O) groups is 1. The summed E-state index contributed by atoms with van der Waals surface area (Å²) in [6.45, 7) is 3.96. The molecule has 17 heavy (non-hydrogen) atoms. The molecule has 0 radical (unpaired) electrons. The zero-order valence-electron chi connectivity index (χ0n) is 10.9. The zero-order valence-corrected chi connectivity index (χ0v) is 10.9. The molecule has 1 aliphatic carbocycles. The Bertz CT molecular complexity index is 254. The van der Waals surface area contributed by atoms with Crippen molar-refractivity contribution in [2.24, 2.45) is 5.92 Å². The number of carbonyl (C=O) groups excluding carboxylic acids is 1. The van der Waals surface area contributed by atoms with E-state index < -0.39 is 0 Å². The third-order valence-corrected chi connectivity index (χ3v) is 3.09. The highest BCUT2D eigenvalue weighted by Crippen LogP contribution is 2.16. The van der Waals surface area contributed by atoms with E-state index in [4.69, 9.17) is 4.74 Å². The van der Waals surface area contributed by atoms with E-state index in [9.17, 15) is 4.79 Å². The lowest BCUT2D eigenvalue weighted by molar-refractivity contribution is -0.123. The van der Waals surface area contributed by atoms with E-state index >= 15 is 0 Å². The summed E-state index contributed by atoms with van der Waals surface area (Å²) in [6, 6.07) is -0.127. The minimum atomic E-state index is -0.127. The van der Waals surface area contributed by atoms with Crippen molar-refractivity contribution in [3.05, 3.63) is 12.2 Å². The van der Waals surface area contributed by atoms with Crippen molar-refractivity contribution in [2.75, 3.05) is 26.8 Å². The Balaban J connectivity index is 2.12. The van der Waals surface area contributed by atoms with Crippen molar-refractivity contribution < 1.29 is 9.53 Å². The van der Waals surface area contributed by atoms with E-state index in [2.05, 4.69) is 22.8 Å². The first-order valence-corrected chi connectivity index (χ1v) is 6.39. The predicted molar refractivity (Wildman–Crippen MR) is 68.8 cm³/mol. The molecule has 1 rings (SSSR count). The van der Waals surface area contributed by atoms with Gasteiger partial charge in [0.2, 0.25) is 5.91 Å². The van der Waals surface area contributed by atoms with Gasteiger partial charge < -0.3 is 15.4 Å². The summed E-state index contributed by atoms with van der Waals surface area (Å²) < 4.78 is 4.88. The lowest BCUT2D eigenvalue weighted by atomic mass is 9.94. The number of rotatable bonds is 7. The van der Waals surface area contributed by atoms with Crippen LogP contribution in [0.15, 0.2) is 12.2 Å². The van der Waals surface area contributed by atoms with E-state index in [1.165, 1.54) is 12.8 Å². The fraction of sp³-hybridized carbons (Fsp3) is 0.769. The van der Waals surface area contributed by atoms with Gasteiger partial charge in [-0.1, -0.05) is 12.2 Å². The number of allylic oxidation sites excluding steroid dienone is 2. The third kappa shape index (κ3) is 5.84. The summed E-state index contributed by atoms with van der Waals surface area (Å²) >= 11 is 0. The Kier molecular flexibility index (Phi) is 6.89. The molecule has 4 nitrogen and oxygen atoms in total. The van der Waals surface area contributed by atoms with Crippen molar-refractivity contribution in [3.63, 3.8) is 0 Å². The van der Waals surface area contributed by atoms with Crippen molar-refractivity contribution in [3.8, 4) is 0 Å². The maximum atomic E-state index is 11.6. The summed E-state index contributed by atoms with van der Waals surface area (Å²) in [7, 11) is 1.63. The molecule has 0 saturated heterocycles. The molecule has 0 saturated carbocycles. The number of amides is 1. The van der Waals surface area contributed by atoms with Gasteiger partial charge in [0.15, 0.2) is 0 Å². The van der Waals surface area contributed by atoms with Gasteiger partial charge in [-0.2, -0.15) is 0 Å². The minimum Gasteiger partial charge on any atom is -0.383 e. The molecule has 4 heteroatoms. The van der Waals surface area contributed by atoms with Crippen LogP contribution in [0.5, 0.6) is 0 Å². The van der Waals surface area contributed by atoms with Crippen LogP contribution in [0.3, 0.4) is 0 Å². The molecule has 0 spiro atoms. The van der Waals surface area contributed by atoms with Gasteiger partial charge in [0.1, 0.15) is 0 Å². The molecule has 0 aromatic heterocycles. The van der Waals surface area contributed by atoms with Gasteiger partial charge in [-0.05, 0) is 38.6 Å². The maximum absolute atomic E-state index is 11.6. The van der Waals surface area contributed by atoms with E-state index in [1.54, 1.807) is 7.11 Å². The van der Waals surface area contributed by atoms with E-state index in [-0.39, 0.29) is 11.9 Å². The number of methoxy groups -OCH3 is 1. The number of ether oxygens (including phenoxy) is 1. The number of hydrogen-bond donors (Lipinski definition) is 2. The van der Waals surface area contributed by atoms with Crippen LogP contribution in [0.25, 0.3) is 0 Å². The van der Waals surface area contributed by atoms with Gasteiger partial charge in [0.05, 0.1) is 12.6 Å². The number of hydrogen-bond acceptors (Lipinski definition) is 3. The van der Waals surface area contributed by atoms with Gasteiger partial charge >= 0.3 is 0 Å². The maximum Gasteiger partial charge on any atom is 0.236 e. The molecule has 0 aromatic rings.